The van der Waals surface area contributed by atoms with E-state index >= 15 is 0 Å². The van der Waals surface area contributed by atoms with Crippen LogP contribution in [0, 0.1) is 0 Å². The lowest BCUT2D eigenvalue weighted by Gasteiger charge is -2.08. The highest BCUT2D eigenvalue weighted by molar-refractivity contribution is 6.35. The summed E-state index contributed by atoms with van der Waals surface area (Å²) in [5, 5.41) is 6.15. The molecule has 2 aromatic carbocycles. The number of rotatable bonds is 7. The van der Waals surface area contributed by atoms with E-state index in [2.05, 4.69) is 31.3 Å². The van der Waals surface area contributed by atoms with Gasteiger partial charge in [-0.3, -0.25) is 4.98 Å². The van der Waals surface area contributed by atoms with Gasteiger partial charge in [0.25, 0.3) is 0 Å². The monoisotopic (exact) mass is 444 g/mol. The normalized spacial score (nSPS) is 11.2. The van der Waals surface area contributed by atoms with Crippen LogP contribution in [0.4, 0.5) is 5.82 Å². The van der Waals surface area contributed by atoms with Gasteiger partial charge < -0.3 is 14.6 Å². The molecule has 0 aliphatic rings. The topological polar surface area (TPSA) is 77.8 Å². The third-order valence-electron chi connectivity index (χ3n) is 5.36. The minimum absolute atomic E-state index is 0.667. The van der Waals surface area contributed by atoms with Crippen molar-refractivity contribution < 1.29 is 4.74 Å². The first kappa shape index (κ1) is 20.2. The van der Waals surface area contributed by atoms with Crippen molar-refractivity contribution in [3.8, 4) is 5.75 Å². The van der Waals surface area contributed by atoms with Crippen LogP contribution in [-0.2, 0) is 13.0 Å². The molecule has 5 aromatic rings. The fourth-order valence-corrected chi connectivity index (χ4v) is 3.91. The average Bonchev–Trinajstić information content (AvgIpc) is 3.23. The highest BCUT2D eigenvalue weighted by Gasteiger charge is 2.11. The molecule has 1 N–H and O–H groups in total. The summed E-state index contributed by atoms with van der Waals surface area (Å²) in [5.41, 5.74) is 3.67. The number of benzene rings is 2. The van der Waals surface area contributed by atoms with Gasteiger partial charge in [0, 0.05) is 35.3 Å². The lowest BCUT2D eigenvalue weighted by atomic mass is 10.1. The Morgan fingerprint density at radius 1 is 1.03 bits per heavy atom. The van der Waals surface area contributed by atoms with Gasteiger partial charge in [-0.15, -0.1) is 0 Å². The van der Waals surface area contributed by atoms with Gasteiger partial charge in [-0.2, -0.15) is 0 Å². The minimum atomic E-state index is 0.667. The molecular formula is C24H21ClN6O. The standard InChI is InChI=1S/C24H21ClN6O/c1-32-19-7-5-16(6-8-19)13-31-15-30-22-23(28-14-29-24(22)31)26-10-9-18-11-17-3-2-4-21(25)20(17)12-27-18/h2-8,11-12,14-15H,9-10,13H2,1H3,(H,26,28,29). The highest BCUT2D eigenvalue weighted by atomic mass is 35.5. The van der Waals surface area contributed by atoms with Crippen LogP contribution in [0.25, 0.3) is 21.9 Å². The molecular weight excluding hydrogens is 424 g/mol. The number of nitrogens with one attached hydrogen (secondary N) is 1. The molecule has 0 atom stereocenters. The van der Waals surface area contributed by atoms with E-state index in [-0.39, 0.29) is 0 Å². The Labute approximate surface area is 190 Å². The summed E-state index contributed by atoms with van der Waals surface area (Å²) in [5.74, 6) is 1.55. The fraction of sp³-hybridized carbons (Fsp3) is 0.167. The van der Waals surface area contributed by atoms with Crippen molar-refractivity contribution in [3.63, 3.8) is 0 Å². The van der Waals surface area contributed by atoms with E-state index in [1.807, 2.05) is 53.2 Å². The lowest BCUT2D eigenvalue weighted by Crippen LogP contribution is -2.08. The largest absolute Gasteiger partial charge is 0.497 e. The molecule has 0 saturated heterocycles. The molecule has 0 aliphatic carbocycles. The molecule has 0 aliphatic heterocycles. The number of halogens is 1. The molecule has 3 aromatic heterocycles. The zero-order valence-corrected chi connectivity index (χ0v) is 18.3. The molecule has 5 rings (SSSR count). The quantitative estimate of drug-likeness (QED) is 0.390. The molecule has 0 saturated carbocycles. The predicted molar refractivity (Wildman–Crippen MR) is 126 cm³/mol. The average molecular weight is 445 g/mol. The van der Waals surface area contributed by atoms with E-state index in [4.69, 9.17) is 16.3 Å². The van der Waals surface area contributed by atoms with Gasteiger partial charge >= 0.3 is 0 Å². The predicted octanol–water partition coefficient (Wildman–Crippen LogP) is 4.74. The Kier molecular flexibility index (Phi) is 5.56. The number of hydrogen-bond donors (Lipinski definition) is 1. The van der Waals surface area contributed by atoms with Gasteiger partial charge in [-0.05, 0) is 35.2 Å². The molecule has 0 radical (unpaired) electrons. The van der Waals surface area contributed by atoms with Crippen molar-refractivity contribution >= 4 is 39.4 Å². The van der Waals surface area contributed by atoms with Crippen molar-refractivity contribution in [2.75, 3.05) is 19.0 Å². The Balaban J connectivity index is 1.29. The number of ether oxygens (including phenoxy) is 1. The molecule has 0 bridgehead atoms. The third-order valence-corrected chi connectivity index (χ3v) is 5.68. The van der Waals surface area contributed by atoms with E-state index in [1.54, 1.807) is 19.8 Å². The number of pyridine rings is 1. The maximum atomic E-state index is 6.23. The number of imidazole rings is 1. The second-order valence-corrected chi connectivity index (χ2v) is 7.84. The van der Waals surface area contributed by atoms with E-state index in [0.29, 0.717) is 23.9 Å². The number of aromatic nitrogens is 5. The van der Waals surface area contributed by atoms with Crippen molar-refractivity contribution in [2.24, 2.45) is 0 Å². The smallest absolute Gasteiger partial charge is 0.165 e. The Morgan fingerprint density at radius 2 is 1.91 bits per heavy atom. The summed E-state index contributed by atoms with van der Waals surface area (Å²) in [7, 11) is 1.66. The van der Waals surface area contributed by atoms with Crippen LogP contribution < -0.4 is 10.1 Å². The zero-order valence-electron chi connectivity index (χ0n) is 17.5. The summed E-state index contributed by atoms with van der Waals surface area (Å²) >= 11 is 6.23. The number of anilines is 1. The Morgan fingerprint density at radius 3 is 2.75 bits per heavy atom. The van der Waals surface area contributed by atoms with Gasteiger partial charge in [0.2, 0.25) is 0 Å². The van der Waals surface area contributed by atoms with Gasteiger partial charge in [0.1, 0.15) is 17.6 Å². The SMILES string of the molecule is COc1ccc(Cn2cnc3c(NCCc4cc5cccc(Cl)c5cn4)ncnc32)cc1. The molecule has 3 heterocycles. The van der Waals surface area contributed by atoms with Crippen molar-refractivity contribution in [2.45, 2.75) is 13.0 Å². The van der Waals surface area contributed by atoms with Crippen LogP contribution in [0.5, 0.6) is 5.75 Å². The number of fused-ring (bicyclic) bond motifs is 2. The maximum Gasteiger partial charge on any atom is 0.165 e. The molecule has 0 unspecified atom stereocenters. The second kappa shape index (κ2) is 8.80. The summed E-state index contributed by atoms with van der Waals surface area (Å²) in [6.45, 7) is 1.34. The zero-order chi connectivity index (χ0) is 21.9. The van der Waals surface area contributed by atoms with Crippen LogP contribution >= 0.6 is 11.6 Å². The summed E-state index contributed by atoms with van der Waals surface area (Å²) in [6.07, 6.45) is 5.94. The summed E-state index contributed by atoms with van der Waals surface area (Å²) in [6, 6.07) is 15.9. The van der Waals surface area contributed by atoms with Crippen LogP contribution in [0.15, 0.2) is 67.4 Å². The van der Waals surface area contributed by atoms with Gasteiger partial charge in [-0.1, -0.05) is 35.9 Å². The summed E-state index contributed by atoms with van der Waals surface area (Å²) in [4.78, 5) is 17.9. The lowest BCUT2D eigenvalue weighted by molar-refractivity contribution is 0.414. The molecule has 0 spiro atoms. The first-order valence-electron chi connectivity index (χ1n) is 10.3. The maximum absolute atomic E-state index is 6.23. The van der Waals surface area contributed by atoms with Crippen LogP contribution in [0.3, 0.4) is 0 Å². The van der Waals surface area contributed by atoms with Crippen LogP contribution in [-0.4, -0.2) is 38.2 Å². The summed E-state index contributed by atoms with van der Waals surface area (Å²) < 4.78 is 7.24. The van der Waals surface area contributed by atoms with E-state index in [0.717, 1.165) is 45.4 Å². The van der Waals surface area contributed by atoms with Gasteiger partial charge in [-0.25, -0.2) is 15.0 Å². The number of methoxy groups -OCH3 is 1. The van der Waals surface area contributed by atoms with Crippen LogP contribution in [0.2, 0.25) is 5.02 Å². The fourth-order valence-electron chi connectivity index (χ4n) is 3.68. The van der Waals surface area contributed by atoms with E-state index < -0.39 is 0 Å². The molecule has 7 nitrogen and oxygen atoms in total. The van der Waals surface area contributed by atoms with Crippen molar-refractivity contribution in [1.29, 1.82) is 0 Å². The van der Waals surface area contributed by atoms with Gasteiger partial charge in [0.05, 0.1) is 20.0 Å². The Hall–Kier alpha value is -3.71. The van der Waals surface area contributed by atoms with E-state index in [9.17, 15) is 0 Å². The minimum Gasteiger partial charge on any atom is -0.497 e. The highest BCUT2D eigenvalue weighted by Crippen LogP contribution is 2.23. The molecule has 32 heavy (non-hydrogen) atoms. The van der Waals surface area contributed by atoms with Crippen molar-refractivity contribution in [1.82, 2.24) is 24.5 Å². The van der Waals surface area contributed by atoms with Crippen LogP contribution in [0.1, 0.15) is 11.3 Å². The molecule has 8 heteroatoms. The molecule has 160 valence electrons. The molecule has 0 amide bonds. The number of nitrogens with zero attached hydrogens (tertiary/aromatic N) is 5. The number of hydrogen-bond acceptors (Lipinski definition) is 6. The first-order chi connectivity index (χ1) is 15.7. The second-order valence-electron chi connectivity index (χ2n) is 7.43. The first-order valence-corrected chi connectivity index (χ1v) is 10.6. The van der Waals surface area contributed by atoms with Crippen molar-refractivity contribution in [3.05, 3.63) is 83.7 Å². The third kappa shape index (κ3) is 4.07. The molecule has 0 fully saturated rings. The Bertz CT molecular complexity index is 1380. The van der Waals surface area contributed by atoms with Gasteiger partial charge in [0.15, 0.2) is 11.5 Å². The van der Waals surface area contributed by atoms with E-state index in [1.165, 1.54) is 0 Å².